The van der Waals surface area contributed by atoms with Gasteiger partial charge in [-0.1, -0.05) is 0 Å². The molecule has 0 spiro atoms. The minimum atomic E-state index is -1.17. The van der Waals surface area contributed by atoms with Gasteiger partial charge in [-0.15, -0.1) is 0 Å². The summed E-state index contributed by atoms with van der Waals surface area (Å²) < 4.78 is 0. The van der Waals surface area contributed by atoms with E-state index in [0.717, 1.165) is 0 Å². The van der Waals surface area contributed by atoms with E-state index in [0.29, 0.717) is 12.2 Å². The fourth-order valence-electron chi connectivity index (χ4n) is 1.22. The van der Waals surface area contributed by atoms with Crippen LogP contribution in [0.3, 0.4) is 0 Å². The van der Waals surface area contributed by atoms with E-state index >= 15 is 0 Å². The van der Waals surface area contributed by atoms with Crippen molar-refractivity contribution in [3.05, 3.63) is 0 Å². The number of carboxylic acids is 1. The Hall–Kier alpha value is -0.930. The molecule has 0 aliphatic carbocycles. The average Bonchev–Trinajstić information content (AvgIpc) is 2.39. The van der Waals surface area contributed by atoms with E-state index in [1.54, 1.807) is 0 Å². The van der Waals surface area contributed by atoms with Crippen molar-refractivity contribution < 1.29 is 19.5 Å². The summed E-state index contributed by atoms with van der Waals surface area (Å²) in [7, 11) is 0. The molecular formula is C10H19N3O4S2. The van der Waals surface area contributed by atoms with Crippen molar-refractivity contribution in [3.8, 4) is 0 Å². The van der Waals surface area contributed by atoms with E-state index in [1.165, 1.54) is 11.8 Å². The number of nitrogens with two attached hydrogens (primary N) is 1. The van der Waals surface area contributed by atoms with Gasteiger partial charge in [0.25, 0.3) is 0 Å². The maximum atomic E-state index is 11.9. The van der Waals surface area contributed by atoms with E-state index in [-0.39, 0.29) is 12.3 Å². The lowest BCUT2D eigenvalue weighted by molar-refractivity contribution is -0.141. The Morgan fingerprint density at radius 1 is 1.32 bits per heavy atom. The molecule has 0 heterocycles. The molecule has 0 aromatic rings. The predicted octanol–water partition coefficient (Wildman–Crippen LogP) is -1.32. The van der Waals surface area contributed by atoms with Crippen LogP contribution in [0.25, 0.3) is 0 Å². The molecule has 0 fully saturated rings. The number of carboxylic acid groups (broad SMARTS) is 1. The maximum absolute atomic E-state index is 11.9. The van der Waals surface area contributed by atoms with Gasteiger partial charge in [-0.2, -0.15) is 24.4 Å². The number of carbonyl (C=O) groups is 3. The second-order valence-corrected chi connectivity index (χ2v) is 5.04. The summed E-state index contributed by atoms with van der Waals surface area (Å²) in [5.41, 5.74) is 5.17. The third-order valence-electron chi connectivity index (χ3n) is 2.24. The molecule has 0 aromatic carbocycles. The van der Waals surface area contributed by atoms with Crippen molar-refractivity contribution in [3.63, 3.8) is 0 Å². The summed E-state index contributed by atoms with van der Waals surface area (Å²) in [6.45, 7) is -0.224. The van der Waals surface area contributed by atoms with Crippen LogP contribution in [0.2, 0.25) is 0 Å². The number of thiol groups is 1. The van der Waals surface area contributed by atoms with Gasteiger partial charge in [-0.25, -0.2) is 4.79 Å². The zero-order valence-electron chi connectivity index (χ0n) is 10.6. The first-order chi connectivity index (χ1) is 8.96. The molecule has 0 saturated carbocycles. The van der Waals surface area contributed by atoms with Gasteiger partial charge in [0.2, 0.25) is 11.8 Å². The van der Waals surface area contributed by atoms with Gasteiger partial charge in [0.1, 0.15) is 12.1 Å². The largest absolute Gasteiger partial charge is 0.480 e. The summed E-state index contributed by atoms with van der Waals surface area (Å²) in [4.78, 5) is 33.9. The average molecular weight is 309 g/mol. The molecule has 0 aliphatic rings. The topological polar surface area (TPSA) is 122 Å². The van der Waals surface area contributed by atoms with Gasteiger partial charge in [0.05, 0.1) is 6.54 Å². The Balaban J connectivity index is 4.59. The molecule has 0 bridgehead atoms. The standard InChI is InChI=1S/C10H19N3O4S2/c1-19-3-2-6(12-8(14)4-11)9(15)13-7(5-18)10(16)17/h6-7,18H,2-5,11H2,1H3,(H,12,14)(H,13,15)(H,16,17)/t6-,7-/m0/s1. The summed E-state index contributed by atoms with van der Waals surface area (Å²) in [6, 6.07) is -1.87. The number of aliphatic carboxylic acids is 1. The van der Waals surface area contributed by atoms with Crippen molar-refractivity contribution >= 4 is 42.2 Å². The van der Waals surface area contributed by atoms with Crippen LogP contribution in [-0.2, 0) is 14.4 Å². The van der Waals surface area contributed by atoms with E-state index < -0.39 is 29.9 Å². The van der Waals surface area contributed by atoms with Gasteiger partial charge < -0.3 is 21.5 Å². The van der Waals surface area contributed by atoms with E-state index in [4.69, 9.17) is 10.8 Å². The Morgan fingerprint density at radius 2 is 1.95 bits per heavy atom. The van der Waals surface area contributed by atoms with E-state index in [1.807, 2.05) is 6.26 Å². The van der Waals surface area contributed by atoms with Gasteiger partial charge in [0, 0.05) is 5.75 Å². The van der Waals surface area contributed by atoms with Crippen LogP contribution in [0.5, 0.6) is 0 Å². The fourth-order valence-corrected chi connectivity index (χ4v) is 1.93. The lowest BCUT2D eigenvalue weighted by Crippen LogP contribution is -2.53. The number of nitrogens with one attached hydrogen (secondary N) is 2. The fraction of sp³-hybridized carbons (Fsp3) is 0.700. The minimum absolute atomic E-state index is 0.0266. The molecule has 19 heavy (non-hydrogen) atoms. The highest BCUT2D eigenvalue weighted by Crippen LogP contribution is 2.02. The van der Waals surface area contributed by atoms with Gasteiger partial charge >= 0.3 is 5.97 Å². The molecule has 9 heteroatoms. The molecule has 0 unspecified atom stereocenters. The normalized spacial score (nSPS) is 13.4. The van der Waals surface area contributed by atoms with Crippen LogP contribution >= 0.6 is 24.4 Å². The number of carbonyl (C=O) groups excluding carboxylic acids is 2. The Morgan fingerprint density at radius 3 is 2.37 bits per heavy atom. The van der Waals surface area contributed by atoms with E-state index in [9.17, 15) is 14.4 Å². The summed E-state index contributed by atoms with van der Waals surface area (Å²) in [6.07, 6.45) is 2.27. The van der Waals surface area contributed by atoms with Crippen molar-refractivity contribution in [1.82, 2.24) is 10.6 Å². The molecule has 7 nitrogen and oxygen atoms in total. The van der Waals surface area contributed by atoms with E-state index in [2.05, 4.69) is 23.3 Å². The number of rotatable bonds is 9. The highest BCUT2D eigenvalue weighted by molar-refractivity contribution is 7.98. The summed E-state index contributed by atoms with van der Waals surface area (Å²) in [5.74, 6) is -1.55. The van der Waals surface area contributed by atoms with Crippen molar-refractivity contribution in [1.29, 1.82) is 0 Å². The number of thioether (sulfide) groups is 1. The second-order valence-electron chi connectivity index (χ2n) is 3.69. The van der Waals surface area contributed by atoms with Crippen LogP contribution in [0.4, 0.5) is 0 Å². The minimum Gasteiger partial charge on any atom is -0.480 e. The molecule has 0 aliphatic heterocycles. The lowest BCUT2D eigenvalue weighted by atomic mass is 10.2. The van der Waals surface area contributed by atoms with Crippen LogP contribution < -0.4 is 16.4 Å². The third-order valence-corrected chi connectivity index (χ3v) is 3.25. The number of amides is 2. The molecule has 2 amide bonds. The van der Waals surface area contributed by atoms with Crippen molar-refractivity contribution in [2.75, 3.05) is 24.3 Å². The summed E-state index contributed by atoms with van der Waals surface area (Å²) in [5, 5.41) is 13.6. The smallest absolute Gasteiger partial charge is 0.327 e. The van der Waals surface area contributed by atoms with Crippen molar-refractivity contribution in [2.24, 2.45) is 5.73 Å². The molecule has 5 N–H and O–H groups in total. The number of hydrogen-bond acceptors (Lipinski definition) is 6. The van der Waals surface area contributed by atoms with Crippen LogP contribution in [0, 0.1) is 0 Å². The zero-order valence-corrected chi connectivity index (χ0v) is 12.3. The Labute approximate surface area is 121 Å². The number of hydrogen-bond donors (Lipinski definition) is 5. The maximum Gasteiger partial charge on any atom is 0.327 e. The predicted molar refractivity (Wildman–Crippen MR) is 77.4 cm³/mol. The van der Waals surface area contributed by atoms with Gasteiger partial charge in [0.15, 0.2) is 0 Å². The first-order valence-corrected chi connectivity index (χ1v) is 7.61. The SMILES string of the molecule is CSCC[C@H](NC(=O)CN)C(=O)N[C@@H](CS)C(=O)O. The molecular weight excluding hydrogens is 290 g/mol. The monoisotopic (exact) mass is 309 g/mol. The molecule has 0 saturated heterocycles. The molecule has 2 atom stereocenters. The zero-order chi connectivity index (χ0) is 14.8. The molecule has 0 rings (SSSR count). The molecule has 0 radical (unpaired) electrons. The summed E-state index contributed by atoms with van der Waals surface area (Å²) >= 11 is 5.37. The molecule has 110 valence electrons. The van der Waals surface area contributed by atoms with Crippen LogP contribution in [0.15, 0.2) is 0 Å². The third kappa shape index (κ3) is 7.28. The highest BCUT2D eigenvalue weighted by Gasteiger charge is 2.25. The second kappa shape index (κ2) is 9.93. The molecule has 0 aromatic heterocycles. The van der Waals surface area contributed by atoms with Gasteiger partial charge in [-0.3, -0.25) is 9.59 Å². The first-order valence-electron chi connectivity index (χ1n) is 5.58. The highest BCUT2D eigenvalue weighted by atomic mass is 32.2. The van der Waals surface area contributed by atoms with Crippen LogP contribution in [-0.4, -0.2) is 59.3 Å². The lowest BCUT2D eigenvalue weighted by Gasteiger charge is -2.20. The Kier molecular flexibility index (Phi) is 9.44. The first kappa shape index (κ1) is 18.1. The van der Waals surface area contributed by atoms with Gasteiger partial charge in [-0.05, 0) is 18.4 Å². The Bertz CT molecular complexity index is 328. The van der Waals surface area contributed by atoms with Crippen LogP contribution in [0.1, 0.15) is 6.42 Å². The van der Waals surface area contributed by atoms with Crippen molar-refractivity contribution in [2.45, 2.75) is 18.5 Å². The quantitative estimate of drug-likeness (QED) is 0.337.